The largest absolute Gasteiger partial charge is 0.508 e. The molecule has 0 amide bonds. The van der Waals surface area contributed by atoms with E-state index < -0.39 is 51.7 Å². The maximum atomic E-state index is 12.8. The van der Waals surface area contributed by atoms with Crippen molar-refractivity contribution in [2.24, 2.45) is 0 Å². The molecule has 16 heteroatoms. The first-order chi connectivity index (χ1) is 24.2. The number of phosphoric acid groups is 3. The van der Waals surface area contributed by atoms with Gasteiger partial charge in [0.15, 0.2) is 0 Å². The van der Waals surface area contributed by atoms with E-state index in [1.165, 1.54) is 0 Å². The molecule has 0 heterocycles. The average molecular weight is 801 g/mol. The Bertz CT molecular complexity index is 1760. The molecule has 7 N–H and O–H groups in total. The summed E-state index contributed by atoms with van der Waals surface area (Å²) in [6.45, 7) is 18.0. The molecule has 0 bridgehead atoms. The molecule has 296 valence electrons. The molecule has 0 spiro atoms. The second-order valence-corrected chi connectivity index (χ2v) is 19.8. The summed E-state index contributed by atoms with van der Waals surface area (Å²) < 4.78 is 49.0. The summed E-state index contributed by atoms with van der Waals surface area (Å²) in [4.78, 5) is 37.9. The zero-order valence-electron chi connectivity index (χ0n) is 31.9. The van der Waals surface area contributed by atoms with Crippen molar-refractivity contribution in [1.29, 1.82) is 0 Å². The molecule has 2 unspecified atom stereocenters. The third-order valence-electron chi connectivity index (χ3n) is 10.6. The fourth-order valence-electron chi connectivity index (χ4n) is 6.62. The normalized spacial score (nSPS) is 15.6. The Morgan fingerprint density at radius 3 is 1.17 bits per heavy atom. The molecule has 0 aliphatic carbocycles. The highest BCUT2D eigenvalue weighted by molar-refractivity contribution is 7.66. The zero-order valence-corrected chi connectivity index (χ0v) is 34.5. The van der Waals surface area contributed by atoms with Gasteiger partial charge in [0.1, 0.15) is 17.2 Å². The lowest BCUT2D eigenvalue weighted by Gasteiger charge is -2.45. The lowest BCUT2D eigenvalue weighted by Crippen LogP contribution is -2.38. The van der Waals surface area contributed by atoms with E-state index in [0.29, 0.717) is 19.3 Å². The van der Waals surface area contributed by atoms with E-state index in [9.17, 15) is 38.8 Å². The number of hydrogen-bond acceptors (Lipinski definition) is 9. The van der Waals surface area contributed by atoms with Gasteiger partial charge in [-0.1, -0.05) is 80.5 Å². The minimum Gasteiger partial charge on any atom is -0.508 e. The highest BCUT2D eigenvalue weighted by atomic mass is 31.3. The van der Waals surface area contributed by atoms with Crippen LogP contribution in [0.2, 0.25) is 0 Å². The smallest absolute Gasteiger partial charge is 0.490 e. The summed E-state index contributed by atoms with van der Waals surface area (Å²) >= 11 is 0. The summed E-state index contributed by atoms with van der Waals surface area (Å²) in [6, 6.07) is 15.6. The number of hydrogen-bond donors (Lipinski definition) is 7. The van der Waals surface area contributed by atoms with E-state index in [1.54, 1.807) is 36.4 Å². The van der Waals surface area contributed by atoms with Gasteiger partial charge >= 0.3 is 23.5 Å². The predicted molar refractivity (Wildman–Crippen MR) is 203 cm³/mol. The summed E-state index contributed by atoms with van der Waals surface area (Å²) in [5.74, 6) is 0.143. The van der Waals surface area contributed by atoms with Crippen molar-refractivity contribution in [3.8, 4) is 17.2 Å². The van der Waals surface area contributed by atoms with Crippen LogP contribution in [0.1, 0.15) is 128 Å². The van der Waals surface area contributed by atoms with Gasteiger partial charge in [-0.25, -0.2) is 13.7 Å². The van der Waals surface area contributed by atoms with Crippen molar-refractivity contribution in [3.05, 3.63) is 88.0 Å². The maximum Gasteiger partial charge on any atom is 0.490 e. The lowest BCUT2D eigenvalue weighted by molar-refractivity contribution is 0.168. The Morgan fingerprint density at radius 2 is 0.868 bits per heavy atom. The van der Waals surface area contributed by atoms with Crippen LogP contribution in [0.25, 0.3) is 0 Å². The molecule has 0 aliphatic rings. The highest BCUT2D eigenvalue weighted by Gasteiger charge is 2.46. The van der Waals surface area contributed by atoms with Gasteiger partial charge in [0.25, 0.3) is 0 Å². The fraction of sp³-hybridized carbons (Fsp3) is 0.514. The molecule has 0 aliphatic heterocycles. The van der Waals surface area contributed by atoms with Crippen molar-refractivity contribution in [1.82, 2.24) is 0 Å². The third kappa shape index (κ3) is 10.6. The van der Waals surface area contributed by atoms with Crippen LogP contribution in [0.15, 0.2) is 54.6 Å². The van der Waals surface area contributed by atoms with E-state index in [2.05, 4.69) is 50.2 Å². The Morgan fingerprint density at radius 1 is 0.528 bits per heavy atom. The van der Waals surface area contributed by atoms with Gasteiger partial charge in [-0.05, 0) is 118 Å². The Kier molecular flexibility index (Phi) is 13.8. The summed E-state index contributed by atoms with van der Waals surface area (Å²) in [6.07, 6.45) is 2.18. The van der Waals surface area contributed by atoms with Crippen LogP contribution in [-0.2, 0) is 48.5 Å². The molecule has 0 aromatic heterocycles. The number of phenols is 3. The Balaban J connectivity index is 2.49. The first kappa shape index (κ1) is 44.9. The second kappa shape index (κ2) is 16.3. The number of phosphoric ester groups is 1. The quantitative estimate of drug-likeness (QED) is 0.0363. The van der Waals surface area contributed by atoms with Gasteiger partial charge in [-0.3, -0.25) is 4.52 Å². The van der Waals surface area contributed by atoms with Gasteiger partial charge < -0.3 is 34.9 Å². The molecule has 53 heavy (non-hydrogen) atoms. The SMILES string of the molecule is CCC(C)(C)c1cc(O)ccc1C(CCCOP(=O)(O)OP(=O)(O)OP(=O)(O)O)(c1ccc(O)cc1C(C)(C)CC)c1ccc(O)cc1C(C)(C)CC. The van der Waals surface area contributed by atoms with Crippen molar-refractivity contribution in [2.75, 3.05) is 6.61 Å². The van der Waals surface area contributed by atoms with E-state index in [4.69, 9.17) is 14.3 Å². The topological polar surface area (TPSA) is 221 Å². The van der Waals surface area contributed by atoms with Crippen molar-refractivity contribution in [2.45, 2.75) is 116 Å². The van der Waals surface area contributed by atoms with Crippen molar-refractivity contribution >= 4 is 23.5 Å². The molecule has 13 nitrogen and oxygen atoms in total. The second-order valence-electron chi connectivity index (χ2n) is 15.3. The zero-order chi connectivity index (χ0) is 40.4. The van der Waals surface area contributed by atoms with Crippen molar-refractivity contribution in [3.63, 3.8) is 0 Å². The Labute approximate surface area is 312 Å². The number of benzene rings is 3. The molecular formula is C37H55O13P3. The van der Waals surface area contributed by atoms with Gasteiger partial charge in [-0.2, -0.15) is 8.62 Å². The van der Waals surface area contributed by atoms with Crippen LogP contribution >= 0.6 is 23.5 Å². The van der Waals surface area contributed by atoms with E-state index in [1.807, 2.05) is 39.0 Å². The van der Waals surface area contributed by atoms with Gasteiger partial charge in [0.2, 0.25) is 0 Å². The molecule has 0 radical (unpaired) electrons. The monoisotopic (exact) mass is 800 g/mol. The maximum absolute atomic E-state index is 12.8. The lowest BCUT2D eigenvalue weighted by atomic mass is 9.57. The first-order valence-corrected chi connectivity index (χ1v) is 22.0. The summed E-state index contributed by atoms with van der Waals surface area (Å²) in [7, 11) is -16.7. The fourth-order valence-corrected chi connectivity index (χ4v) is 9.68. The average Bonchev–Trinajstić information content (AvgIpc) is 3.03. The molecule has 3 aromatic rings. The Hall–Kier alpha value is -2.53. The van der Waals surface area contributed by atoms with Gasteiger partial charge in [0.05, 0.1) is 6.61 Å². The van der Waals surface area contributed by atoms with E-state index in [0.717, 1.165) is 33.4 Å². The molecular weight excluding hydrogens is 745 g/mol. The summed E-state index contributed by atoms with van der Waals surface area (Å²) in [5.41, 5.74) is 2.15. The van der Waals surface area contributed by atoms with Crippen LogP contribution in [0, 0.1) is 0 Å². The molecule has 3 rings (SSSR count). The van der Waals surface area contributed by atoms with Crippen LogP contribution in [0.3, 0.4) is 0 Å². The molecule has 3 aromatic carbocycles. The van der Waals surface area contributed by atoms with Crippen molar-refractivity contribution < 1.29 is 61.7 Å². The van der Waals surface area contributed by atoms with Crippen LogP contribution < -0.4 is 0 Å². The minimum atomic E-state index is -5.73. The molecule has 0 saturated heterocycles. The van der Waals surface area contributed by atoms with E-state index in [-0.39, 0.29) is 30.1 Å². The first-order valence-electron chi connectivity index (χ1n) is 17.5. The number of rotatable bonds is 18. The van der Waals surface area contributed by atoms with Gasteiger partial charge in [-0.15, -0.1) is 0 Å². The van der Waals surface area contributed by atoms with Crippen LogP contribution in [0.4, 0.5) is 0 Å². The standard InChI is InChI=1S/C37H55O13P3/c1-10-34(4,5)31-22-25(38)14-17-28(31)37(29-18-15-26(39)23-32(29)35(6,7)11-2,30-19-16-27(40)24-33(30)36(8,9)12-3)20-13-21-48-52(44,45)50-53(46,47)49-51(41,42)43/h14-19,22-24,38-40H,10-13,20-21H2,1-9H3,(H,44,45)(H,46,47)(H2,41,42,43). The predicted octanol–water partition coefficient (Wildman–Crippen LogP) is 9.32. The third-order valence-corrected chi connectivity index (χ3v) is 14.4. The number of aromatic hydroxyl groups is 3. The van der Waals surface area contributed by atoms with E-state index >= 15 is 0 Å². The van der Waals surface area contributed by atoms with Crippen LogP contribution in [0.5, 0.6) is 17.2 Å². The molecule has 0 fully saturated rings. The number of phenolic OH excluding ortho intramolecular Hbond substituents is 3. The molecule has 2 atom stereocenters. The summed E-state index contributed by atoms with van der Waals surface area (Å²) in [5, 5.41) is 32.8. The van der Waals surface area contributed by atoms with Crippen LogP contribution in [-0.4, -0.2) is 41.5 Å². The highest BCUT2D eigenvalue weighted by Crippen LogP contribution is 2.66. The van der Waals surface area contributed by atoms with Gasteiger partial charge in [0, 0.05) is 5.41 Å². The molecule has 0 saturated carbocycles. The minimum absolute atomic E-state index is 0.00436.